The van der Waals surface area contributed by atoms with Crippen molar-refractivity contribution in [2.75, 3.05) is 19.7 Å². The van der Waals surface area contributed by atoms with Crippen LogP contribution in [0.3, 0.4) is 0 Å². The summed E-state index contributed by atoms with van der Waals surface area (Å²) in [5.74, 6) is 0.594. The summed E-state index contributed by atoms with van der Waals surface area (Å²) in [7, 11) is 0. The van der Waals surface area contributed by atoms with Crippen molar-refractivity contribution >= 4 is 11.8 Å². The highest BCUT2D eigenvalue weighted by atomic mass is 16.5. The molecule has 0 aliphatic carbocycles. The third-order valence-electron chi connectivity index (χ3n) is 5.70. The maximum Gasteiger partial charge on any atom is 0.269 e. The lowest BCUT2D eigenvalue weighted by atomic mass is 10.0. The highest BCUT2D eigenvalue weighted by molar-refractivity contribution is 5.95. The molecule has 0 atom stereocenters. The molecule has 7 nitrogen and oxygen atoms in total. The summed E-state index contributed by atoms with van der Waals surface area (Å²) in [5, 5.41) is 10.2. The smallest absolute Gasteiger partial charge is 0.269 e. The van der Waals surface area contributed by atoms with Gasteiger partial charge in [0.2, 0.25) is 0 Å². The number of ether oxygens (including phenoxy) is 1. The molecule has 2 aromatic carbocycles. The standard InChI is InChI=1S/C25H28N4O3/c1-3-32-21-10-8-19(9-11-21)25(31)29-14-12-20(13-15-29)26-24(30)23-16-22(27-28-23)18-6-4-17(2)5-7-18/h4-11,16,20H,3,12-15H2,1-2H3,(H,26,30)(H,27,28). The van der Waals surface area contributed by atoms with E-state index in [0.29, 0.717) is 43.8 Å². The molecule has 2 amide bonds. The molecular formula is C25H28N4O3. The van der Waals surface area contributed by atoms with Crippen LogP contribution < -0.4 is 10.1 Å². The molecule has 1 fully saturated rings. The van der Waals surface area contributed by atoms with Crippen molar-refractivity contribution in [1.29, 1.82) is 0 Å². The molecule has 0 radical (unpaired) electrons. The minimum absolute atomic E-state index is 0.00846. The van der Waals surface area contributed by atoms with Crippen LogP contribution in [0, 0.1) is 6.92 Å². The number of hydrogen-bond donors (Lipinski definition) is 2. The van der Waals surface area contributed by atoms with Crippen molar-refractivity contribution in [3.05, 3.63) is 71.4 Å². The van der Waals surface area contributed by atoms with Crippen LogP contribution in [0.1, 0.15) is 46.2 Å². The summed E-state index contributed by atoms with van der Waals surface area (Å²) in [4.78, 5) is 27.3. The summed E-state index contributed by atoms with van der Waals surface area (Å²) < 4.78 is 5.43. The van der Waals surface area contributed by atoms with Crippen LogP contribution in [0.25, 0.3) is 11.3 Å². The average molecular weight is 433 g/mol. The highest BCUT2D eigenvalue weighted by Crippen LogP contribution is 2.20. The fourth-order valence-electron chi connectivity index (χ4n) is 3.84. The van der Waals surface area contributed by atoms with Crippen LogP contribution in [0.2, 0.25) is 0 Å². The van der Waals surface area contributed by atoms with Gasteiger partial charge in [-0.15, -0.1) is 0 Å². The van der Waals surface area contributed by atoms with E-state index in [-0.39, 0.29) is 17.9 Å². The van der Waals surface area contributed by atoms with Gasteiger partial charge in [-0.25, -0.2) is 0 Å². The summed E-state index contributed by atoms with van der Waals surface area (Å²) in [6.07, 6.45) is 1.43. The van der Waals surface area contributed by atoms with Crippen LogP contribution in [0.5, 0.6) is 5.75 Å². The molecule has 4 rings (SSSR count). The van der Waals surface area contributed by atoms with Gasteiger partial charge < -0.3 is 15.0 Å². The second kappa shape index (κ2) is 9.68. The topological polar surface area (TPSA) is 87.3 Å². The largest absolute Gasteiger partial charge is 0.494 e. The number of nitrogens with zero attached hydrogens (tertiary/aromatic N) is 2. The fraction of sp³-hybridized carbons (Fsp3) is 0.320. The maximum absolute atomic E-state index is 12.8. The van der Waals surface area contributed by atoms with Gasteiger partial charge in [0.1, 0.15) is 11.4 Å². The van der Waals surface area contributed by atoms with Crippen molar-refractivity contribution in [2.45, 2.75) is 32.7 Å². The van der Waals surface area contributed by atoms with E-state index in [1.54, 1.807) is 18.2 Å². The molecule has 3 aromatic rings. The van der Waals surface area contributed by atoms with Crippen molar-refractivity contribution in [3.8, 4) is 17.0 Å². The van der Waals surface area contributed by atoms with E-state index in [1.165, 1.54) is 5.56 Å². The molecule has 2 heterocycles. The number of nitrogens with one attached hydrogen (secondary N) is 2. The lowest BCUT2D eigenvalue weighted by Gasteiger charge is -2.32. The lowest BCUT2D eigenvalue weighted by molar-refractivity contribution is 0.0697. The number of carbonyl (C=O) groups excluding carboxylic acids is 2. The molecule has 0 saturated carbocycles. The Morgan fingerprint density at radius 1 is 1.09 bits per heavy atom. The number of carbonyl (C=O) groups is 2. The molecular weight excluding hydrogens is 404 g/mol. The molecule has 2 N–H and O–H groups in total. The van der Waals surface area contributed by atoms with Crippen LogP contribution >= 0.6 is 0 Å². The summed E-state index contributed by atoms with van der Waals surface area (Å²) in [6.45, 7) is 5.77. The van der Waals surface area contributed by atoms with E-state index in [9.17, 15) is 9.59 Å². The summed E-state index contributed by atoms with van der Waals surface area (Å²) >= 11 is 0. The van der Waals surface area contributed by atoms with Crippen molar-refractivity contribution in [2.24, 2.45) is 0 Å². The van der Waals surface area contributed by atoms with Gasteiger partial charge in [-0.2, -0.15) is 5.10 Å². The van der Waals surface area contributed by atoms with Gasteiger partial charge in [0.25, 0.3) is 11.8 Å². The number of piperidine rings is 1. The van der Waals surface area contributed by atoms with Gasteiger partial charge in [-0.05, 0) is 57.0 Å². The van der Waals surface area contributed by atoms with Crippen molar-refractivity contribution in [1.82, 2.24) is 20.4 Å². The maximum atomic E-state index is 12.8. The Kier molecular flexibility index (Phi) is 6.54. The Balaban J connectivity index is 1.29. The number of amides is 2. The van der Waals surface area contributed by atoms with Crippen LogP contribution in [0.4, 0.5) is 0 Å². The number of aromatic amines is 1. The Morgan fingerprint density at radius 3 is 2.44 bits per heavy atom. The number of rotatable bonds is 6. The summed E-state index contributed by atoms with van der Waals surface area (Å²) in [6, 6.07) is 17.0. The molecule has 32 heavy (non-hydrogen) atoms. The molecule has 166 valence electrons. The van der Waals surface area contributed by atoms with Gasteiger partial charge in [-0.1, -0.05) is 29.8 Å². The Morgan fingerprint density at radius 2 is 1.78 bits per heavy atom. The second-order valence-corrected chi connectivity index (χ2v) is 8.03. The monoisotopic (exact) mass is 432 g/mol. The van der Waals surface area contributed by atoms with Crippen LogP contribution in [0.15, 0.2) is 54.6 Å². The molecule has 1 saturated heterocycles. The Hall–Kier alpha value is -3.61. The third kappa shape index (κ3) is 4.99. The van der Waals surface area contributed by atoms with Gasteiger partial charge in [0, 0.05) is 30.3 Å². The number of aryl methyl sites for hydroxylation is 1. The quantitative estimate of drug-likeness (QED) is 0.620. The first kappa shape index (κ1) is 21.6. The predicted molar refractivity (Wildman–Crippen MR) is 123 cm³/mol. The second-order valence-electron chi connectivity index (χ2n) is 8.03. The first-order valence-corrected chi connectivity index (χ1v) is 11.0. The van der Waals surface area contributed by atoms with Crippen LogP contribution in [-0.4, -0.2) is 52.6 Å². The van der Waals surface area contributed by atoms with E-state index >= 15 is 0 Å². The van der Waals surface area contributed by atoms with Gasteiger partial charge in [0.05, 0.1) is 12.3 Å². The normalized spacial score (nSPS) is 14.2. The molecule has 0 spiro atoms. The van der Waals surface area contributed by atoms with Gasteiger partial charge in [0.15, 0.2) is 0 Å². The Labute approximate surface area is 187 Å². The predicted octanol–water partition coefficient (Wildman–Crippen LogP) is 3.82. The SMILES string of the molecule is CCOc1ccc(C(=O)N2CCC(NC(=O)c3cc(-c4ccc(C)cc4)n[nH]3)CC2)cc1. The number of H-pyrrole nitrogens is 1. The summed E-state index contributed by atoms with van der Waals surface area (Å²) in [5.41, 5.74) is 3.97. The number of benzene rings is 2. The number of aromatic nitrogens is 2. The minimum Gasteiger partial charge on any atom is -0.494 e. The number of hydrogen-bond acceptors (Lipinski definition) is 4. The van der Waals surface area contributed by atoms with E-state index in [1.807, 2.05) is 55.1 Å². The molecule has 1 aromatic heterocycles. The zero-order valence-corrected chi connectivity index (χ0v) is 18.4. The van der Waals surface area contributed by atoms with Crippen molar-refractivity contribution < 1.29 is 14.3 Å². The number of likely N-dealkylation sites (tertiary alicyclic amines) is 1. The molecule has 7 heteroatoms. The van der Waals surface area contributed by atoms with Crippen molar-refractivity contribution in [3.63, 3.8) is 0 Å². The Bertz CT molecular complexity index is 1070. The zero-order valence-electron chi connectivity index (χ0n) is 18.4. The van der Waals surface area contributed by atoms with E-state index in [2.05, 4.69) is 15.5 Å². The third-order valence-corrected chi connectivity index (χ3v) is 5.70. The lowest BCUT2D eigenvalue weighted by Crippen LogP contribution is -2.46. The van der Waals surface area contributed by atoms with E-state index in [0.717, 1.165) is 17.0 Å². The molecule has 0 bridgehead atoms. The highest BCUT2D eigenvalue weighted by Gasteiger charge is 2.25. The zero-order chi connectivity index (χ0) is 22.5. The first-order chi connectivity index (χ1) is 15.5. The van der Waals surface area contributed by atoms with Gasteiger partial charge in [-0.3, -0.25) is 14.7 Å². The molecule has 1 aliphatic rings. The fourth-order valence-corrected chi connectivity index (χ4v) is 3.84. The molecule has 0 unspecified atom stereocenters. The first-order valence-electron chi connectivity index (χ1n) is 11.0. The minimum atomic E-state index is -0.174. The van der Waals surface area contributed by atoms with E-state index in [4.69, 9.17) is 4.74 Å². The van der Waals surface area contributed by atoms with Gasteiger partial charge >= 0.3 is 0 Å². The average Bonchev–Trinajstić information content (AvgIpc) is 3.31. The molecule has 1 aliphatic heterocycles. The van der Waals surface area contributed by atoms with Crippen LogP contribution in [-0.2, 0) is 0 Å². The van der Waals surface area contributed by atoms with E-state index < -0.39 is 0 Å².